The van der Waals surface area contributed by atoms with Gasteiger partial charge in [-0.15, -0.1) is 0 Å². The zero-order chi connectivity index (χ0) is 10.5. The van der Waals surface area contributed by atoms with E-state index in [0.29, 0.717) is 0 Å². The monoisotopic (exact) mass is 201 g/mol. The quantitative estimate of drug-likeness (QED) is 0.798. The van der Waals surface area contributed by atoms with Crippen LogP contribution in [0, 0.1) is 0 Å². The molecule has 3 nitrogen and oxygen atoms in total. The van der Waals surface area contributed by atoms with E-state index in [1.807, 2.05) is 6.20 Å². The number of anilines is 1. The lowest BCUT2D eigenvalue weighted by Crippen LogP contribution is -1.99. The van der Waals surface area contributed by atoms with E-state index in [9.17, 15) is 0 Å². The second-order valence-corrected chi connectivity index (χ2v) is 3.48. The van der Waals surface area contributed by atoms with Crippen LogP contribution in [0.15, 0.2) is 36.8 Å². The topological polar surface area (TPSA) is 40.7 Å². The fourth-order valence-corrected chi connectivity index (χ4v) is 1.48. The van der Waals surface area contributed by atoms with Gasteiger partial charge >= 0.3 is 0 Å². The summed E-state index contributed by atoms with van der Waals surface area (Å²) in [4.78, 5) is 7.04. The SMILES string of the molecule is CCc1cccc(NCc2cnc[nH]2)c1. The van der Waals surface area contributed by atoms with Crippen LogP contribution in [0.3, 0.4) is 0 Å². The lowest BCUT2D eigenvalue weighted by Gasteiger charge is -2.06. The minimum atomic E-state index is 0.785. The van der Waals surface area contributed by atoms with Gasteiger partial charge in [0.25, 0.3) is 0 Å². The average molecular weight is 201 g/mol. The fourth-order valence-electron chi connectivity index (χ4n) is 1.48. The third-order valence-corrected chi connectivity index (χ3v) is 2.37. The highest BCUT2D eigenvalue weighted by atomic mass is 14.9. The van der Waals surface area contributed by atoms with E-state index in [2.05, 4.69) is 46.5 Å². The largest absolute Gasteiger partial charge is 0.379 e. The van der Waals surface area contributed by atoms with Crippen molar-refractivity contribution in [3.05, 3.63) is 48.0 Å². The molecule has 0 aliphatic carbocycles. The summed E-state index contributed by atoms with van der Waals surface area (Å²) in [6.07, 6.45) is 4.59. The van der Waals surface area contributed by atoms with Crippen LogP contribution in [0.25, 0.3) is 0 Å². The summed E-state index contributed by atoms with van der Waals surface area (Å²) >= 11 is 0. The number of aryl methyl sites for hydroxylation is 1. The number of nitrogens with zero attached hydrogens (tertiary/aromatic N) is 1. The number of imidazole rings is 1. The van der Waals surface area contributed by atoms with Gasteiger partial charge in [0, 0.05) is 11.9 Å². The molecule has 0 atom stereocenters. The Kier molecular flexibility index (Phi) is 3.02. The lowest BCUT2D eigenvalue weighted by atomic mass is 10.1. The number of nitrogens with one attached hydrogen (secondary N) is 2. The summed E-state index contributed by atoms with van der Waals surface area (Å²) in [6, 6.07) is 8.47. The van der Waals surface area contributed by atoms with Gasteiger partial charge in [0.1, 0.15) is 0 Å². The van der Waals surface area contributed by atoms with Crippen LogP contribution >= 0.6 is 0 Å². The van der Waals surface area contributed by atoms with E-state index in [-0.39, 0.29) is 0 Å². The second kappa shape index (κ2) is 4.64. The standard InChI is InChI=1S/C12H15N3/c1-2-10-4-3-5-11(6-10)14-8-12-7-13-9-15-12/h3-7,9,14H,2,8H2,1H3,(H,13,15). The van der Waals surface area contributed by atoms with Crippen LogP contribution < -0.4 is 5.32 Å². The maximum absolute atomic E-state index is 3.97. The van der Waals surface area contributed by atoms with Crippen molar-refractivity contribution in [1.82, 2.24) is 9.97 Å². The zero-order valence-electron chi connectivity index (χ0n) is 8.83. The number of H-pyrrole nitrogens is 1. The van der Waals surface area contributed by atoms with Gasteiger partial charge in [-0.05, 0) is 24.1 Å². The normalized spacial score (nSPS) is 10.2. The smallest absolute Gasteiger partial charge is 0.0922 e. The predicted molar refractivity (Wildman–Crippen MR) is 61.7 cm³/mol. The lowest BCUT2D eigenvalue weighted by molar-refractivity contribution is 1.07. The van der Waals surface area contributed by atoms with Crippen molar-refractivity contribution in [3.63, 3.8) is 0 Å². The summed E-state index contributed by atoms with van der Waals surface area (Å²) in [5, 5.41) is 3.35. The molecule has 2 N–H and O–H groups in total. The highest BCUT2D eigenvalue weighted by Gasteiger charge is 1.95. The fraction of sp³-hybridized carbons (Fsp3) is 0.250. The van der Waals surface area contributed by atoms with Crippen molar-refractivity contribution in [2.24, 2.45) is 0 Å². The molecule has 0 spiro atoms. The Labute approximate surface area is 89.6 Å². The van der Waals surface area contributed by atoms with Gasteiger partial charge in [-0.3, -0.25) is 0 Å². The number of benzene rings is 1. The number of rotatable bonds is 4. The number of aromatic nitrogens is 2. The molecule has 1 aromatic carbocycles. The Morgan fingerprint density at radius 3 is 3.07 bits per heavy atom. The van der Waals surface area contributed by atoms with Crippen LogP contribution in [0.5, 0.6) is 0 Å². The first-order chi connectivity index (χ1) is 7.38. The van der Waals surface area contributed by atoms with Gasteiger partial charge in [-0.25, -0.2) is 4.98 Å². The van der Waals surface area contributed by atoms with Gasteiger partial charge in [0.05, 0.1) is 18.6 Å². The van der Waals surface area contributed by atoms with Crippen LogP contribution in [-0.2, 0) is 13.0 Å². The summed E-state index contributed by atoms with van der Waals surface area (Å²) in [5.74, 6) is 0. The molecule has 2 rings (SSSR count). The number of aromatic amines is 1. The zero-order valence-corrected chi connectivity index (χ0v) is 8.83. The molecule has 78 valence electrons. The van der Waals surface area contributed by atoms with E-state index in [4.69, 9.17) is 0 Å². The summed E-state index contributed by atoms with van der Waals surface area (Å²) in [7, 11) is 0. The Hall–Kier alpha value is -1.77. The van der Waals surface area contributed by atoms with Crippen LogP contribution in [0.1, 0.15) is 18.2 Å². The van der Waals surface area contributed by atoms with Crippen molar-refractivity contribution >= 4 is 5.69 Å². The molecule has 2 aromatic rings. The first-order valence-electron chi connectivity index (χ1n) is 5.18. The molecule has 0 aliphatic rings. The Morgan fingerprint density at radius 2 is 2.33 bits per heavy atom. The minimum absolute atomic E-state index is 0.785. The highest BCUT2D eigenvalue weighted by Crippen LogP contribution is 2.11. The highest BCUT2D eigenvalue weighted by molar-refractivity contribution is 5.45. The Bertz CT molecular complexity index is 407. The summed E-state index contributed by atoms with van der Waals surface area (Å²) < 4.78 is 0. The molecule has 0 saturated heterocycles. The maximum atomic E-state index is 3.97. The maximum Gasteiger partial charge on any atom is 0.0922 e. The first kappa shape index (κ1) is 9.77. The molecule has 0 aliphatic heterocycles. The van der Waals surface area contributed by atoms with Crippen LogP contribution in [-0.4, -0.2) is 9.97 Å². The van der Waals surface area contributed by atoms with Crippen LogP contribution in [0.2, 0.25) is 0 Å². The van der Waals surface area contributed by atoms with Crippen molar-refractivity contribution in [2.75, 3.05) is 5.32 Å². The van der Waals surface area contributed by atoms with E-state index in [1.54, 1.807) is 6.33 Å². The number of hydrogen-bond donors (Lipinski definition) is 2. The molecular formula is C12H15N3. The van der Waals surface area contributed by atoms with Gasteiger partial charge in [-0.2, -0.15) is 0 Å². The third kappa shape index (κ3) is 2.59. The molecule has 3 heteroatoms. The molecule has 0 fully saturated rings. The van der Waals surface area contributed by atoms with Gasteiger partial charge in [-0.1, -0.05) is 19.1 Å². The van der Waals surface area contributed by atoms with Crippen LogP contribution in [0.4, 0.5) is 5.69 Å². The van der Waals surface area contributed by atoms with E-state index < -0.39 is 0 Å². The second-order valence-electron chi connectivity index (χ2n) is 3.48. The van der Waals surface area contributed by atoms with E-state index in [0.717, 1.165) is 24.3 Å². The van der Waals surface area contributed by atoms with Crippen molar-refractivity contribution < 1.29 is 0 Å². The average Bonchev–Trinajstić information content (AvgIpc) is 2.79. The summed E-state index contributed by atoms with van der Waals surface area (Å²) in [6.45, 7) is 2.95. The molecular weight excluding hydrogens is 186 g/mol. The predicted octanol–water partition coefficient (Wildman–Crippen LogP) is 2.58. The molecule has 0 bridgehead atoms. The molecule has 0 unspecified atom stereocenters. The third-order valence-electron chi connectivity index (χ3n) is 2.37. The van der Waals surface area contributed by atoms with Crippen molar-refractivity contribution in [3.8, 4) is 0 Å². The molecule has 1 aromatic heterocycles. The van der Waals surface area contributed by atoms with Crippen molar-refractivity contribution in [2.45, 2.75) is 19.9 Å². The van der Waals surface area contributed by atoms with Gasteiger partial charge in [0.2, 0.25) is 0 Å². The van der Waals surface area contributed by atoms with E-state index in [1.165, 1.54) is 5.56 Å². The molecule has 1 heterocycles. The van der Waals surface area contributed by atoms with Gasteiger partial charge in [0.15, 0.2) is 0 Å². The van der Waals surface area contributed by atoms with Crippen molar-refractivity contribution in [1.29, 1.82) is 0 Å². The molecule has 0 amide bonds. The number of hydrogen-bond acceptors (Lipinski definition) is 2. The molecule has 0 radical (unpaired) electrons. The first-order valence-corrected chi connectivity index (χ1v) is 5.18. The Morgan fingerprint density at radius 1 is 1.40 bits per heavy atom. The Balaban J connectivity index is 1.98. The minimum Gasteiger partial charge on any atom is -0.379 e. The van der Waals surface area contributed by atoms with Gasteiger partial charge < -0.3 is 10.3 Å². The molecule has 0 saturated carbocycles. The van der Waals surface area contributed by atoms with E-state index >= 15 is 0 Å². The summed E-state index contributed by atoms with van der Waals surface area (Å²) in [5.41, 5.74) is 3.60. The molecule has 15 heavy (non-hydrogen) atoms.